The predicted octanol–water partition coefficient (Wildman–Crippen LogP) is 1.40. The van der Waals surface area contributed by atoms with Crippen molar-refractivity contribution < 1.29 is 14.3 Å². The summed E-state index contributed by atoms with van der Waals surface area (Å²) in [5.41, 5.74) is 1.44. The highest BCUT2D eigenvalue weighted by Crippen LogP contribution is 2.10. The average Bonchev–Trinajstić information content (AvgIpc) is 2.86. The second-order valence-corrected chi connectivity index (χ2v) is 4.38. The molecule has 1 N–H and O–H groups in total. The smallest absolute Gasteiger partial charge is 0.327 e. The van der Waals surface area contributed by atoms with Crippen LogP contribution in [0.5, 0.6) is 0 Å². The summed E-state index contributed by atoms with van der Waals surface area (Å²) in [5.74, 6) is -0.386. The highest BCUT2D eigenvalue weighted by atomic mass is 16.5. The van der Waals surface area contributed by atoms with Crippen LogP contribution in [0.25, 0.3) is 0 Å². The van der Waals surface area contributed by atoms with Gasteiger partial charge >= 0.3 is 5.97 Å². The lowest BCUT2D eigenvalue weighted by Gasteiger charge is -2.04. The van der Waals surface area contributed by atoms with Gasteiger partial charge in [0.05, 0.1) is 12.8 Å². The zero-order valence-electron chi connectivity index (χ0n) is 11.9. The minimum atomic E-state index is -0.404. The van der Waals surface area contributed by atoms with Gasteiger partial charge in [-0.3, -0.25) is 9.59 Å². The quantitative estimate of drug-likeness (QED) is 0.840. The Kier molecular flexibility index (Phi) is 4.65. The van der Waals surface area contributed by atoms with E-state index in [2.05, 4.69) is 15.6 Å². The van der Waals surface area contributed by atoms with Gasteiger partial charge < -0.3 is 10.1 Å². The van der Waals surface area contributed by atoms with Crippen molar-refractivity contribution in [3.63, 3.8) is 0 Å². The van der Waals surface area contributed by atoms with Gasteiger partial charge in [-0.25, -0.2) is 4.68 Å². The summed E-state index contributed by atoms with van der Waals surface area (Å²) < 4.78 is 6.12. The topological polar surface area (TPSA) is 86.1 Å². The number of aryl methyl sites for hydroxylation is 1. The number of aromatic nitrogens is 3. The molecule has 0 unspecified atom stereocenters. The number of nitrogens with zero attached hydrogens (tertiary/aromatic N) is 3. The molecule has 0 saturated carbocycles. The van der Waals surface area contributed by atoms with Crippen LogP contribution < -0.4 is 5.32 Å². The summed E-state index contributed by atoms with van der Waals surface area (Å²) in [6, 6.07) is 7.24. The van der Waals surface area contributed by atoms with E-state index in [0.717, 1.165) is 5.56 Å². The Labute approximate surface area is 121 Å². The summed E-state index contributed by atoms with van der Waals surface area (Å²) in [6.45, 7) is 3.85. The molecule has 7 nitrogen and oxygen atoms in total. The lowest BCUT2D eigenvalue weighted by atomic mass is 10.1. The molecule has 0 bridgehead atoms. The van der Waals surface area contributed by atoms with Crippen molar-refractivity contribution in [1.29, 1.82) is 0 Å². The lowest BCUT2D eigenvalue weighted by Crippen LogP contribution is -2.14. The standard InChI is InChI=1S/C14H16N4O3/c1-3-21-13(19)9-18-8-12(16-17-18)15-14(20)11-7-5-4-6-10(11)2/h4-8H,3,9H2,1-2H3,(H,15,20). The maximum Gasteiger partial charge on any atom is 0.327 e. The number of esters is 1. The minimum Gasteiger partial charge on any atom is -0.465 e. The van der Waals surface area contributed by atoms with Crippen molar-refractivity contribution in [2.75, 3.05) is 11.9 Å². The molecule has 1 heterocycles. The number of nitrogens with one attached hydrogen (secondary N) is 1. The fourth-order valence-electron chi connectivity index (χ4n) is 1.78. The summed E-state index contributed by atoms with van der Waals surface area (Å²) in [4.78, 5) is 23.4. The third-order valence-corrected chi connectivity index (χ3v) is 2.77. The van der Waals surface area contributed by atoms with Crippen LogP contribution in [0.15, 0.2) is 30.5 Å². The highest BCUT2D eigenvalue weighted by molar-refractivity contribution is 6.04. The van der Waals surface area contributed by atoms with Crippen molar-refractivity contribution in [1.82, 2.24) is 15.0 Å². The molecule has 0 saturated heterocycles. The molecule has 0 spiro atoms. The Morgan fingerprint density at radius 2 is 2.10 bits per heavy atom. The summed E-state index contributed by atoms with van der Waals surface area (Å²) in [7, 11) is 0. The number of amides is 1. The Hall–Kier alpha value is -2.70. The molecule has 0 aliphatic rings. The van der Waals surface area contributed by atoms with Crippen LogP contribution >= 0.6 is 0 Å². The Balaban J connectivity index is 2.01. The van der Waals surface area contributed by atoms with E-state index in [1.807, 2.05) is 19.1 Å². The first kappa shape index (κ1) is 14.7. The first-order chi connectivity index (χ1) is 10.1. The summed E-state index contributed by atoms with van der Waals surface area (Å²) in [5, 5.41) is 10.2. The molecule has 2 aromatic rings. The van der Waals surface area contributed by atoms with Gasteiger partial charge in [-0.2, -0.15) is 0 Å². The number of benzene rings is 1. The number of ether oxygens (including phenoxy) is 1. The number of carbonyl (C=O) groups excluding carboxylic acids is 2. The molecule has 1 aromatic heterocycles. The molecule has 0 fully saturated rings. The Morgan fingerprint density at radius 3 is 2.81 bits per heavy atom. The zero-order valence-corrected chi connectivity index (χ0v) is 11.9. The van der Waals surface area contributed by atoms with E-state index in [-0.39, 0.29) is 18.3 Å². The molecule has 0 radical (unpaired) electrons. The molecule has 7 heteroatoms. The van der Waals surface area contributed by atoms with Gasteiger partial charge in [0.2, 0.25) is 0 Å². The second kappa shape index (κ2) is 6.65. The normalized spacial score (nSPS) is 10.2. The number of carbonyl (C=O) groups is 2. The van der Waals surface area contributed by atoms with E-state index in [1.165, 1.54) is 10.9 Å². The molecular formula is C14H16N4O3. The fourth-order valence-corrected chi connectivity index (χ4v) is 1.78. The molecule has 110 valence electrons. The van der Waals surface area contributed by atoms with Gasteiger partial charge in [-0.15, -0.1) is 5.10 Å². The molecule has 1 aromatic carbocycles. The van der Waals surface area contributed by atoms with Crippen LogP contribution in [0.4, 0.5) is 5.82 Å². The monoisotopic (exact) mass is 288 g/mol. The number of hydrogen-bond acceptors (Lipinski definition) is 5. The van der Waals surface area contributed by atoms with Crippen LogP contribution in [0, 0.1) is 6.92 Å². The van der Waals surface area contributed by atoms with E-state index < -0.39 is 5.97 Å². The minimum absolute atomic E-state index is 0.0406. The summed E-state index contributed by atoms with van der Waals surface area (Å²) in [6.07, 6.45) is 1.48. The SMILES string of the molecule is CCOC(=O)Cn1cc(NC(=O)c2ccccc2C)nn1. The van der Waals surface area contributed by atoms with E-state index in [1.54, 1.807) is 19.1 Å². The van der Waals surface area contributed by atoms with Gasteiger partial charge in [0, 0.05) is 5.56 Å². The van der Waals surface area contributed by atoms with Gasteiger partial charge in [-0.1, -0.05) is 23.4 Å². The molecule has 21 heavy (non-hydrogen) atoms. The number of anilines is 1. The predicted molar refractivity (Wildman–Crippen MR) is 75.8 cm³/mol. The van der Waals surface area contributed by atoms with Crippen molar-refractivity contribution in [3.05, 3.63) is 41.6 Å². The largest absolute Gasteiger partial charge is 0.465 e. The van der Waals surface area contributed by atoms with Gasteiger partial charge in [0.1, 0.15) is 6.54 Å². The average molecular weight is 288 g/mol. The zero-order chi connectivity index (χ0) is 15.2. The van der Waals surface area contributed by atoms with Crippen molar-refractivity contribution in [2.24, 2.45) is 0 Å². The van der Waals surface area contributed by atoms with Gasteiger partial charge in [-0.05, 0) is 25.5 Å². The maximum atomic E-state index is 12.1. The maximum absolute atomic E-state index is 12.1. The van der Waals surface area contributed by atoms with E-state index in [0.29, 0.717) is 12.2 Å². The fraction of sp³-hybridized carbons (Fsp3) is 0.286. The van der Waals surface area contributed by atoms with Gasteiger partial charge in [0.15, 0.2) is 5.82 Å². The molecule has 1 amide bonds. The Morgan fingerprint density at radius 1 is 1.33 bits per heavy atom. The third-order valence-electron chi connectivity index (χ3n) is 2.77. The third kappa shape index (κ3) is 3.88. The molecule has 0 aliphatic heterocycles. The first-order valence-electron chi connectivity index (χ1n) is 6.53. The van der Waals surface area contributed by atoms with E-state index >= 15 is 0 Å². The van der Waals surface area contributed by atoms with E-state index in [9.17, 15) is 9.59 Å². The van der Waals surface area contributed by atoms with E-state index in [4.69, 9.17) is 4.74 Å². The Bertz CT molecular complexity index is 651. The number of hydrogen-bond donors (Lipinski definition) is 1. The van der Waals surface area contributed by atoms with Gasteiger partial charge in [0.25, 0.3) is 5.91 Å². The molecule has 0 aliphatic carbocycles. The van der Waals surface area contributed by atoms with Crippen LogP contribution in [0.2, 0.25) is 0 Å². The van der Waals surface area contributed by atoms with Crippen molar-refractivity contribution in [3.8, 4) is 0 Å². The highest BCUT2D eigenvalue weighted by Gasteiger charge is 2.11. The number of rotatable bonds is 5. The van der Waals surface area contributed by atoms with Crippen LogP contribution in [-0.2, 0) is 16.1 Å². The van der Waals surface area contributed by atoms with Crippen molar-refractivity contribution in [2.45, 2.75) is 20.4 Å². The van der Waals surface area contributed by atoms with Crippen molar-refractivity contribution >= 4 is 17.7 Å². The second-order valence-electron chi connectivity index (χ2n) is 4.38. The lowest BCUT2D eigenvalue weighted by molar-refractivity contribution is -0.144. The first-order valence-corrected chi connectivity index (χ1v) is 6.53. The molecular weight excluding hydrogens is 272 g/mol. The van der Waals surface area contributed by atoms with Crippen LogP contribution in [0.1, 0.15) is 22.8 Å². The van der Waals surface area contributed by atoms with Crippen LogP contribution in [0.3, 0.4) is 0 Å². The molecule has 0 atom stereocenters. The van der Waals surface area contributed by atoms with Crippen LogP contribution in [-0.4, -0.2) is 33.5 Å². The summed E-state index contributed by atoms with van der Waals surface area (Å²) >= 11 is 0. The molecule has 2 rings (SSSR count).